The van der Waals surface area contributed by atoms with E-state index in [0.29, 0.717) is 47.1 Å². The Hall–Kier alpha value is -4.14. The van der Waals surface area contributed by atoms with Crippen LogP contribution < -0.4 is 19.3 Å². The first-order valence-electron chi connectivity index (χ1n) is 15.3. The van der Waals surface area contributed by atoms with Gasteiger partial charge in [0, 0.05) is 21.1 Å². The molecule has 44 heavy (non-hydrogen) atoms. The average molecular weight is 625 g/mol. The average Bonchev–Trinajstić information content (AvgIpc) is 3.85. The highest BCUT2D eigenvalue weighted by atomic mass is 32.1. The number of unbranched alkanes of at least 4 members (excludes halogenated alkanes) is 4. The van der Waals surface area contributed by atoms with Crippen molar-refractivity contribution in [1.29, 1.82) is 0 Å². The minimum absolute atomic E-state index is 0.156. The van der Waals surface area contributed by atoms with Gasteiger partial charge in [-0.3, -0.25) is 19.4 Å². The number of hydrogen-bond acceptors (Lipinski definition) is 6. The zero-order valence-corrected chi connectivity index (χ0v) is 26.7. The molecule has 0 fully saturated rings. The molecule has 0 spiro atoms. The summed E-state index contributed by atoms with van der Waals surface area (Å²) in [5.41, 5.74) is 3.65. The summed E-state index contributed by atoms with van der Waals surface area (Å²) in [6.45, 7) is 5.65. The maximum Gasteiger partial charge on any atom is 0.266 e. The van der Waals surface area contributed by atoms with Crippen LogP contribution in [0.2, 0.25) is 0 Å². The maximum absolute atomic E-state index is 14.4. The highest BCUT2D eigenvalue weighted by Gasteiger charge is 2.50. The van der Waals surface area contributed by atoms with E-state index < -0.39 is 0 Å². The Morgan fingerprint density at radius 2 is 0.977 bits per heavy atom. The van der Waals surface area contributed by atoms with E-state index in [1.165, 1.54) is 22.7 Å². The first kappa shape index (κ1) is 29.9. The van der Waals surface area contributed by atoms with Crippen LogP contribution in [0.1, 0.15) is 62.1 Å². The van der Waals surface area contributed by atoms with Crippen molar-refractivity contribution in [2.24, 2.45) is 0 Å². The van der Waals surface area contributed by atoms with Gasteiger partial charge in [0.1, 0.15) is 11.5 Å². The third-order valence-corrected chi connectivity index (χ3v) is 9.51. The van der Waals surface area contributed by atoms with Gasteiger partial charge < -0.3 is 9.47 Å². The molecule has 0 bridgehead atoms. The zero-order chi connectivity index (χ0) is 30.5. The fraction of sp³-hybridized carbons (Fsp3) is 0.278. The van der Waals surface area contributed by atoms with E-state index in [2.05, 4.69) is 13.8 Å². The molecule has 2 aromatic heterocycles. The van der Waals surface area contributed by atoms with Crippen molar-refractivity contribution in [2.45, 2.75) is 52.4 Å². The van der Waals surface area contributed by atoms with Crippen molar-refractivity contribution in [1.82, 2.24) is 0 Å². The number of hydrogen-bond donors (Lipinski definition) is 0. The summed E-state index contributed by atoms with van der Waals surface area (Å²) in [7, 11) is 0. The molecule has 226 valence electrons. The van der Waals surface area contributed by atoms with Crippen LogP contribution in [0.25, 0.3) is 11.1 Å². The smallest absolute Gasteiger partial charge is 0.266 e. The molecular weight excluding hydrogens is 589 g/mol. The minimum atomic E-state index is -0.156. The van der Waals surface area contributed by atoms with Crippen LogP contribution in [-0.2, 0) is 9.59 Å². The Bertz CT molecular complexity index is 1530. The van der Waals surface area contributed by atoms with Crippen molar-refractivity contribution < 1.29 is 19.1 Å². The largest absolute Gasteiger partial charge is 0.494 e. The lowest BCUT2D eigenvalue weighted by Gasteiger charge is -2.20. The van der Waals surface area contributed by atoms with E-state index in [4.69, 9.17) is 9.47 Å². The summed E-state index contributed by atoms with van der Waals surface area (Å²) >= 11 is 2.99. The summed E-state index contributed by atoms with van der Waals surface area (Å²) in [5.74, 6) is 1.21. The number of benzene rings is 2. The van der Waals surface area contributed by atoms with Crippen LogP contribution >= 0.6 is 22.7 Å². The lowest BCUT2D eigenvalue weighted by atomic mass is 10.1. The number of rotatable bonds is 14. The molecule has 4 heterocycles. The van der Waals surface area contributed by atoms with E-state index in [1.807, 2.05) is 83.6 Å². The second kappa shape index (κ2) is 13.7. The molecule has 0 aliphatic carbocycles. The predicted molar refractivity (Wildman–Crippen MR) is 180 cm³/mol. The SMILES string of the molecule is CCCCCOc1ccc(N2C(=O)C(c3cccs3)=C3C2=C(c2cccs2)C(=O)N3c2ccc(OCCCCC)cc2)cc1. The van der Waals surface area contributed by atoms with E-state index in [0.717, 1.165) is 59.8 Å². The van der Waals surface area contributed by atoms with Gasteiger partial charge in [-0.05, 0) is 84.3 Å². The van der Waals surface area contributed by atoms with Crippen LogP contribution in [0, 0.1) is 0 Å². The number of fused-ring (bicyclic) bond motifs is 1. The Labute approximate surface area is 266 Å². The molecule has 2 aliphatic rings. The summed E-state index contributed by atoms with van der Waals surface area (Å²) in [6, 6.07) is 23.0. The molecule has 2 aromatic carbocycles. The number of anilines is 2. The van der Waals surface area contributed by atoms with E-state index >= 15 is 0 Å². The molecular formula is C36H36N2O4S2. The monoisotopic (exact) mass is 624 g/mol. The molecule has 0 radical (unpaired) electrons. The van der Waals surface area contributed by atoms with Gasteiger partial charge in [0.05, 0.1) is 35.8 Å². The highest BCUT2D eigenvalue weighted by Crippen LogP contribution is 2.51. The Balaban J connectivity index is 1.41. The summed E-state index contributed by atoms with van der Waals surface area (Å²) in [6.07, 6.45) is 6.52. The molecule has 0 saturated heterocycles. The van der Waals surface area contributed by atoms with E-state index in [-0.39, 0.29) is 11.8 Å². The van der Waals surface area contributed by atoms with Crippen molar-refractivity contribution in [2.75, 3.05) is 23.0 Å². The van der Waals surface area contributed by atoms with Crippen molar-refractivity contribution in [3.8, 4) is 11.5 Å². The lowest BCUT2D eigenvalue weighted by molar-refractivity contribution is -0.112. The molecule has 2 aliphatic heterocycles. The van der Waals surface area contributed by atoms with Crippen LogP contribution in [0.3, 0.4) is 0 Å². The first-order valence-corrected chi connectivity index (χ1v) is 17.1. The number of nitrogens with zero attached hydrogens (tertiary/aromatic N) is 2. The Morgan fingerprint density at radius 3 is 1.32 bits per heavy atom. The lowest BCUT2D eigenvalue weighted by Crippen LogP contribution is -2.26. The first-order chi connectivity index (χ1) is 21.6. The fourth-order valence-corrected chi connectivity index (χ4v) is 7.07. The molecule has 0 unspecified atom stereocenters. The predicted octanol–water partition coefficient (Wildman–Crippen LogP) is 9.16. The number of amides is 2. The second-order valence-corrected chi connectivity index (χ2v) is 12.7. The summed E-state index contributed by atoms with van der Waals surface area (Å²) < 4.78 is 11.9. The van der Waals surface area contributed by atoms with Crippen molar-refractivity contribution >= 4 is 57.0 Å². The van der Waals surface area contributed by atoms with Crippen LogP contribution in [-0.4, -0.2) is 25.0 Å². The number of thiophene rings is 2. The van der Waals surface area contributed by atoms with E-state index in [1.54, 1.807) is 9.80 Å². The third-order valence-electron chi connectivity index (χ3n) is 7.74. The Morgan fingerprint density at radius 1 is 0.568 bits per heavy atom. The van der Waals surface area contributed by atoms with Crippen LogP contribution in [0.5, 0.6) is 11.5 Å². The topological polar surface area (TPSA) is 59.1 Å². The van der Waals surface area contributed by atoms with Gasteiger partial charge in [0.15, 0.2) is 0 Å². The van der Waals surface area contributed by atoms with Gasteiger partial charge in [-0.15, -0.1) is 22.7 Å². The van der Waals surface area contributed by atoms with Crippen LogP contribution in [0.4, 0.5) is 11.4 Å². The van der Waals surface area contributed by atoms with Gasteiger partial charge in [0.2, 0.25) is 0 Å². The molecule has 6 rings (SSSR count). The highest BCUT2D eigenvalue weighted by molar-refractivity contribution is 7.12. The third kappa shape index (κ3) is 5.84. The summed E-state index contributed by atoms with van der Waals surface area (Å²) in [5, 5.41) is 3.91. The Kier molecular flexibility index (Phi) is 9.28. The van der Waals surface area contributed by atoms with Gasteiger partial charge in [-0.2, -0.15) is 0 Å². The molecule has 0 atom stereocenters. The van der Waals surface area contributed by atoms with Gasteiger partial charge in [-0.25, -0.2) is 0 Å². The zero-order valence-electron chi connectivity index (χ0n) is 25.1. The van der Waals surface area contributed by atoms with E-state index in [9.17, 15) is 9.59 Å². The number of carbonyl (C=O) groups excluding carboxylic acids is 2. The summed E-state index contributed by atoms with van der Waals surface area (Å²) in [4.78, 5) is 33.9. The normalized spacial score (nSPS) is 14.7. The van der Waals surface area contributed by atoms with Gasteiger partial charge in [0.25, 0.3) is 11.8 Å². The molecule has 2 amide bonds. The molecule has 0 saturated carbocycles. The van der Waals surface area contributed by atoms with Crippen molar-refractivity contribution in [3.63, 3.8) is 0 Å². The molecule has 0 N–H and O–H groups in total. The molecule has 6 nitrogen and oxygen atoms in total. The second-order valence-electron chi connectivity index (χ2n) is 10.8. The maximum atomic E-state index is 14.4. The molecule has 8 heteroatoms. The number of ether oxygens (including phenoxy) is 2. The van der Waals surface area contributed by atoms with Crippen molar-refractivity contribution in [3.05, 3.63) is 105 Å². The minimum Gasteiger partial charge on any atom is -0.494 e. The number of carbonyl (C=O) groups is 2. The standard InChI is InChI=1S/C36H36N2O4S2/c1-3-5-7-21-41-27-17-13-25(14-18-27)37-33-31(29-11-9-23-43-29)36(40)38(34(33)32(35(37)39)30-12-10-24-44-30)26-15-19-28(20-16-26)42-22-8-6-4-2/h9-20,23-24H,3-8,21-22H2,1-2H3. The van der Waals surface area contributed by atoms with Gasteiger partial charge in [-0.1, -0.05) is 51.7 Å². The molecule has 4 aromatic rings. The van der Waals surface area contributed by atoms with Gasteiger partial charge >= 0.3 is 0 Å². The van der Waals surface area contributed by atoms with Crippen LogP contribution in [0.15, 0.2) is 95.0 Å². The fourth-order valence-electron chi connectivity index (χ4n) is 5.55. The quantitative estimate of drug-likeness (QED) is 0.131.